The molecule has 3 aromatic carbocycles. The lowest BCUT2D eigenvalue weighted by molar-refractivity contribution is 0.0656. The zero-order chi connectivity index (χ0) is 25.4. The Balaban J connectivity index is 1.05. The molecule has 0 saturated heterocycles. The number of fused-ring (bicyclic) bond motifs is 2. The maximum atomic E-state index is 12.7. The van der Waals surface area contributed by atoms with Gasteiger partial charge in [0.15, 0.2) is 0 Å². The number of carbonyl (C=O) groups is 3. The van der Waals surface area contributed by atoms with Gasteiger partial charge in [-0.15, -0.1) is 0 Å². The normalized spacial score (nSPS) is 18.5. The first kappa shape index (κ1) is 23.0. The number of carbonyl (C=O) groups excluding carboxylic acids is 3. The highest BCUT2D eigenvalue weighted by molar-refractivity contribution is 6.21. The van der Waals surface area contributed by atoms with Crippen molar-refractivity contribution in [2.24, 2.45) is 0 Å². The highest BCUT2D eigenvalue weighted by atomic mass is 16.5. The molecule has 0 bridgehead atoms. The van der Waals surface area contributed by atoms with Crippen molar-refractivity contribution in [3.8, 4) is 0 Å². The minimum atomic E-state index is -0.387. The molecule has 4 aromatic rings. The lowest BCUT2D eigenvalue weighted by Gasteiger charge is -2.35. The van der Waals surface area contributed by atoms with Gasteiger partial charge in [-0.25, -0.2) is 4.79 Å². The van der Waals surface area contributed by atoms with Crippen LogP contribution >= 0.6 is 0 Å². The fourth-order valence-electron chi connectivity index (χ4n) is 5.29. The Labute approximate surface area is 214 Å². The van der Waals surface area contributed by atoms with Crippen LogP contribution in [0, 0.1) is 0 Å². The van der Waals surface area contributed by atoms with Crippen LogP contribution in [0.15, 0.2) is 79.0 Å². The third-order valence-corrected chi connectivity index (χ3v) is 7.39. The first-order chi connectivity index (χ1) is 18.1. The smallest absolute Gasteiger partial charge is 0.407 e. The van der Waals surface area contributed by atoms with E-state index < -0.39 is 0 Å². The topological polar surface area (TPSA) is 91.5 Å². The summed E-state index contributed by atoms with van der Waals surface area (Å²) < 4.78 is 5.34. The summed E-state index contributed by atoms with van der Waals surface area (Å²) >= 11 is 0. The van der Waals surface area contributed by atoms with E-state index in [-0.39, 0.29) is 30.6 Å². The number of nitrogens with zero attached hydrogens (tertiary/aromatic N) is 1. The summed E-state index contributed by atoms with van der Waals surface area (Å²) in [5.41, 5.74) is 5.28. The van der Waals surface area contributed by atoms with Crippen molar-refractivity contribution >= 4 is 28.8 Å². The zero-order valence-corrected chi connectivity index (χ0v) is 20.3. The molecule has 0 atom stereocenters. The average Bonchev–Trinajstić information content (AvgIpc) is 3.42. The zero-order valence-electron chi connectivity index (χ0n) is 20.3. The second-order valence-corrected chi connectivity index (χ2v) is 9.75. The Morgan fingerprint density at radius 2 is 1.62 bits per heavy atom. The van der Waals surface area contributed by atoms with Gasteiger partial charge in [0.2, 0.25) is 0 Å². The van der Waals surface area contributed by atoms with Gasteiger partial charge in [-0.2, -0.15) is 0 Å². The molecule has 1 fully saturated rings. The molecule has 1 aliphatic carbocycles. The summed E-state index contributed by atoms with van der Waals surface area (Å²) in [4.78, 5) is 42.2. The second kappa shape index (κ2) is 9.58. The van der Waals surface area contributed by atoms with Crippen molar-refractivity contribution < 1.29 is 19.1 Å². The van der Waals surface area contributed by atoms with Crippen molar-refractivity contribution in [2.75, 3.05) is 6.54 Å². The van der Waals surface area contributed by atoms with Gasteiger partial charge in [0.25, 0.3) is 11.8 Å². The highest BCUT2D eigenvalue weighted by Crippen LogP contribution is 2.40. The number of H-pyrrole nitrogens is 1. The summed E-state index contributed by atoms with van der Waals surface area (Å²) in [7, 11) is 0. The van der Waals surface area contributed by atoms with E-state index in [2.05, 4.69) is 16.4 Å². The van der Waals surface area contributed by atoms with Gasteiger partial charge in [0.1, 0.15) is 6.61 Å². The Bertz CT molecular complexity index is 1450. The first-order valence-corrected chi connectivity index (χ1v) is 12.6. The number of aromatic nitrogens is 1. The van der Waals surface area contributed by atoms with Gasteiger partial charge >= 0.3 is 6.09 Å². The fraction of sp³-hybridized carbons (Fsp3) is 0.233. The molecule has 7 nitrogen and oxygen atoms in total. The summed E-state index contributed by atoms with van der Waals surface area (Å²) in [6, 6.07) is 22.9. The Morgan fingerprint density at radius 1 is 0.919 bits per heavy atom. The molecular formula is C30H27N3O4. The van der Waals surface area contributed by atoms with Crippen LogP contribution in [0.3, 0.4) is 0 Å². The maximum Gasteiger partial charge on any atom is 0.407 e. The minimum Gasteiger partial charge on any atom is -0.445 e. The van der Waals surface area contributed by atoms with Gasteiger partial charge < -0.3 is 15.0 Å². The van der Waals surface area contributed by atoms with Crippen LogP contribution in [0.2, 0.25) is 0 Å². The number of nitrogens with one attached hydrogen (secondary N) is 2. The molecule has 0 spiro atoms. The Hall–Kier alpha value is -4.39. The molecule has 0 radical (unpaired) electrons. The molecule has 1 aliphatic heterocycles. The molecule has 37 heavy (non-hydrogen) atoms. The SMILES string of the molecule is O=C(NC1CC(c2c[nH]c3ccc(CCN4C(=O)c5ccccc5C4=O)cc23)C1)OCc1ccccc1. The third-order valence-electron chi connectivity index (χ3n) is 7.39. The van der Waals surface area contributed by atoms with Crippen molar-refractivity contribution in [3.63, 3.8) is 0 Å². The highest BCUT2D eigenvalue weighted by Gasteiger charge is 2.35. The van der Waals surface area contributed by atoms with Crippen molar-refractivity contribution in [1.82, 2.24) is 15.2 Å². The molecule has 1 aromatic heterocycles. The molecule has 3 amide bonds. The van der Waals surface area contributed by atoms with Crippen LogP contribution in [-0.4, -0.2) is 40.4 Å². The standard InChI is InChI=1S/C30H27N3O4/c34-28-23-8-4-5-9-24(23)29(35)33(28)13-12-19-10-11-27-25(14-19)26(17-31-27)21-15-22(16-21)32-30(36)37-18-20-6-2-1-3-7-20/h1-11,14,17,21-22,31H,12-13,15-16,18H2,(H,32,36). The van der Waals surface area contributed by atoms with Crippen molar-refractivity contribution in [3.05, 3.63) is 107 Å². The monoisotopic (exact) mass is 493 g/mol. The van der Waals surface area contributed by atoms with E-state index in [1.54, 1.807) is 24.3 Å². The third kappa shape index (κ3) is 4.48. The van der Waals surface area contributed by atoms with Gasteiger partial charge in [0.05, 0.1) is 11.1 Å². The van der Waals surface area contributed by atoms with Crippen LogP contribution in [0.1, 0.15) is 56.2 Å². The number of alkyl carbamates (subject to hydrolysis) is 1. The van der Waals surface area contributed by atoms with Gasteiger partial charge in [-0.1, -0.05) is 48.5 Å². The summed E-state index contributed by atoms with van der Waals surface area (Å²) in [5.74, 6) is -0.0988. The Morgan fingerprint density at radius 3 is 2.35 bits per heavy atom. The molecule has 6 rings (SSSR count). The number of ether oxygens (including phenoxy) is 1. The minimum absolute atomic E-state index is 0.0928. The molecular weight excluding hydrogens is 466 g/mol. The van der Waals surface area contributed by atoms with Crippen LogP contribution in [0.25, 0.3) is 10.9 Å². The number of aromatic amines is 1. The van der Waals surface area contributed by atoms with Crippen molar-refractivity contribution in [2.45, 2.75) is 37.8 Å². The number of hydrogen-bond acceptors (Lipinski definition) is 4. The average molecular weight is 494 g/mol. The van der Waals surface area contributed by atoms with Crippen LogP contribution in [0.5, 0.6) is 0 Å². The van der Waals surface area contributed by atoms with E-state index in [0.29, 0.717) is 30.0 Å². The van der Waals surface area contributed by atoms with E-state index in [9.17, 15) is 14.4 Å². The largest absolute Gasteiger partial charge is 0.445 e. The number of benzene rings is 3. The molecule has 0 unspecified atom stereocenters. The lowest BCUT2D eigenvalue weighted by atomic mass is 9.76. The van der Waals surface area contributed by atoms with Gasteiger partial charge in [-0.05, 0) is 66.1 Å². The Kier molecular flexibility index (Phi) is 5.96. The molecule has 7 heteroatoms. The molecule has 1 saturated carbocycles. The first-order valence-electron chi connectivity index (χ1n) is 12.6. The molecule has 2 heterocycles. The summed E-state index contributed by atoms with van der Waals surface area (Å²) in [6.07, 6.45) is 3.96. The van der Waals surface area contributed by atoms with E-state index >= 15 is 0 Å². The van der Waals surface area contributed by atoms with E-state index in [1.165, 1.54) is 10.5 Å². The number of amides is 3. The van der Waals surface area contributed by atoms with E-state index in [1.807, 2.05) is 48.7 Å². The molecule has 186 valence electrons. The van der Waals surface area contributed by atoms with Gasteiger partial charge in [0, 0.05) is 29.7 Å². The quantitative estimate of drug-likeness (QED) is 0.347. The van der Waals surface area contributed by atoms with Crippen LogP contribution < -0.4 is 5.32 Å². The molecule has 2 aliphatic rings. The fourth-order valence-corrected chi connectivity index (χ4v) is 5.29. The maximum absolute atomic E-state index is 12.7. The molecule has 2 N–H and O–H groups in total. The van der Waals surface area contributed by atoms with E-state index in [4.69, 9.17) is 4.74 Å². The van der Waals surface area contributed by atoms with Crippen LogP contribution in [-0.2, 0) is 17.8 Å². The number of hydrogen-bond donors (Lipinski definition) is 2. The predicted octanol–water partition coefficient (Wildman–Crippen LogP) is 5.18. The van der Waals surface area contributed by atoms with Crippen LogP contribution in [0.4, 0.5) is 4.79 Å². The van der Waals surface area contributed by atoms with Gasteiger partial charge in [-0.3, -0.25) is 14.5 Å². The summed E-state index contributed by atoms with van der Waals surface area (Å²) in [5, 5.41) is 4.11. The number of rotatable bonds is 7. The lowest BCUT2D eigenvalue weighted by Crippen LogP contribution is -2.43. The second-order valence-electron chi connectivity index (χ2n) is 9.75. The van der Waals surface area contributed by atoms with E-state index in [0.717, 1.165) is 34.9 Å². The summed E-state index contributed by atoms with van der Waals surface area (Å²) in [6.45, 7) is 0.604. The predicted molar refractivity (Wildman–Crippen MR) is 139 cm³/mol. The van der Waals surface area contributed by atoms with Crippen molar-refractivity contribution in [1.29, 1.82) is 0 Å². The number of imide groups is 1.